The minimum absolute atomic E-state index is 0.0297. The first-order valence-electron chi connectivity index (χ1n) is 8.68. The molecule has 0 spiro atoms. The second-order valence-corrected chi connectivity index (χ2v) is 6.61. The molecule has 29 heavy (non-hydrogen) atoms. The van der Waals surface area contributed by atoms with Gasteiger partial charge in [-0.05, 0) is 55.0 Å². The van der Waals surface area contributed by atoms with Crippen molar-refractivity contribution >= 4 is 40.9 Å². The Morgan fingerprint density at radius 2 is 1.72 bits per heavy atom. The molecule has 1 heterocycles. The molecule has 0 aromatic heterocycles. The number of ether oxygens (including phenoxy) is 3. The van der Waals surface area contributed by atoms with Crippen LogP contribution in [0.25, 0.3) is 6.08 Å². The molecule has 0 radical (unpaired) electrons. The Kier molecular flexibility index (Phi) is 5.84. The second kappa shape index (κ2) is 8.32. The number of amides is 2. The normalized spacial score (nSPS) is 15.4. The highest BCUT2D eigenvalue weighted by molar-refractivity contribution is 7.80. The molecule has 150 valence electrons. The smallest absolute Gasteiger partial charge is 0.270 e. The minimum Gasteiger partial charge on any atom is -0.493 e. The number of thiocarbonyl (C=S) groups is 1. The predicted molar refractivity (Wildman–Crippen MR) is 113 cm³/mol. The number of benzene rings is 2. The van der Waals surface area contributed by atoms with Crippen LogP contribution in [0.4, 0.5) is 5.69 Å². The van der Waals surface area contributed by atoms with Crippen molar-refractivity contribution in [3.05, 3.63) is 53.1 Å². The number of aryl methyl sites for hydroxylation is 1. The Morgan fingerprint density at radius 3 is 2.34 bits per heavy atom. The van der Waals surface area contributed by atoms with Gasteiger partial charge in [0.2, 0.25) is 5.75 Å². The van der Waals surface area contributed by atoms with Crippen LogP contribution < -0.4 is 24.4 Å². The molecule has 3 rings (SSSR count). The van der Waals surface area contributed by atoms with E-state index in [1.54, 1.807) is 18.2 Å². The predicted octanol–water partition coefficient (Wildman–Crippen LogP) is 2.85. The summed E-state index contributed by atoms with van der Waals surface area (Å²) in [5.41, 5.74) is 1.94. The van der Waals surface area contributed by atoms with Gasteiger partial charge in [-0.2, -0.15) is 0 Å². The van der Waals surface area contributed by atoms with Crippen molar-refractivity contribution in [1.82, 2.24) is 5.32 Å². The fourth-order valence-corrected chi connectivity index (χ4v) is 3.33. The van der Waals surface area contributed by atoms with Crippen LogP contribution in [0.3, 0.4) is 0 Å². The third-order valence-electron chi connectivity index (χ3n) is 4.40. The number of methoxy groups -OCH3 is 3. The average Bonchev–Trinajstić information content (AvgIpc) is 2.70. The zero-order valence-electron chi connectivity index (χ0n) is 16.4. The van der Waals surface area contributed by atoms with Crippen LogP contribution in [0.15, 0.2) is 42.0 Å². The molecule has 0 saturated carbocycles. The van der Waals surface area contributed by atoms with E-state index in [0.717, 1.165) is 5.56 Å². The van der Waals surface area contributed by atoms with Gasteiger partial charge in [0.25, 0.3) is 11.8 Å². The summed E-state index contributed by atoms with van der Waals surface area (Å²) < 4.78 is 16.1. The van der Waals surface area contributed by atoms with E-state index >= 15 is 0 Å². The molecule has 0 unspecified atom stereocenters. The summed E-state index contributed by atoms with van der Waals surface area (Å²) in [4.78, 5) is 27.0. The quantitative estimate of drug-likeness (QED) is 0.462. The number of hydrogen-bond donors (Lipinski definition) is 1. The number of nitrogens with zero attached hydrogens (tertiary/aromatic N) is 1. The summed E-state index contributed by atoms with van der Waals surface area (Å²) in [6, 6.07) is 10.6. The van der Waals surface area contributed by atoms with Crippen LogP contribution in [0.1, 0.15) is 11.1 Å². The summed E-state index contributed by atoms with van der Waals surface area (Å²) in [6.45, 7) is 1.91. The van der Waals surface area contributed by atoms with Crippen molar-refractivity contribution in [3.63, 3.8) is 0 Å². The maximum Gasteiger partial charge on any atom is 0.270 e. The van der Waals surface area contributed by atoms with Gasteiger partial charge in [-0.3, -0.25) is 19.8 Å². The third kappa shape index (κ3) is 3.79. The number of hydrogen-bond acceptors (Lipinski definition) is 6. The number of nitrogens with one attached hydrogen (secondary N) is 1. The van der Waals surface area contributed by atoms with Gasteiger partial charge in [-0.15, -0.1) is 0 Å². The lowest BCUT2D eigenvalue weighted by atomic mass is 10.0. The summed E-state index contributed by atoms with van der Waals surface area (Å²) in [5.74, 6) is 0.0599. The second-order valence-electron chi connectivity index (χ2n) is 6.22. The summed E-state index contributed by atoms with van der Waals surface area (Å²) in [7, 11) is 4.46. The van der Waals surface area contributed by atoms with E-state index in [1.165, 1.54) is 32.3 Å². The Morgan fingerprint density at radius 1 is 1.00 bits per heavy atom. The summed E-state index contributed by atoms with van der Waals surface area (Å²) in [5, 5.41) is 2.60. The van der Waals surface area contributed by atoms with E-state index in [1.807, 2.05) is 25.1 Å². The average molecular weight is 412 g/mol. The maximum absolute atomic E-state index is 13.2. The molecule has 7 nitrogen and oxygen atoms in total. The largest absolute Gasteiger partial charge is 0.493 e. The number of carbonyl (C=O) groups excluding carboxylic acids is 2. The molecule has 8 heteroatoms. The van der Waals surface area contributed by atoms with E-state index < -0.39 is 11.8 Å². The van der Waals surface area contributed by atoms with E-state index in [0.29, 0.717) is 28.5 Å². The van der Waals surface area contributed by atoms with Crippen molar-refractivity contribution in [1.29, 1.82) is 0 Å². The molecular weight excluding hydrogens is 392 g/mol. The molecule has 1 N–H and O–H groups in total. The third-order valence-corrected chi connectivity index (χ3v) is 4.68. The monoisotopic (exact) mass is 412 g/mol. The maximum atomic E-state index is 13.2. The van der Waals surface area contributed by atoms with E-state index in [-0.39, 0.29) is 10.7 Å². The standard InChI is InChI=1S/C21H20N2O5S/c1-12-6-5-7-14(10-12)23-20(25)15(19(24)22-21(23)29)11-13-8-9-16(26-2)18(28-4)17(13)27-3/h5-11H,1-4H3,(H,22,24,29)/b15-11-. The zero-order chi connectivity index (χ0) is 21.1. The molecule has 1 aliphatic heterocycles. The van der Waals surface area contributed by atoms with Gasteiger partial charge in [0.1, 0.15) is 5.57 Å². The molecule has 0 atom stereocenters. The summed E-state index contributed by atoms with van der Waals surface area (Å²) in [6.07, 6.45) is 1.45. The van der Waals surface area contributed by atoms with Gasteiger partial charge in [-0.1, -0.05) is 12.1 Å². The fourth-order valence-electron chi connectivity index (χ4n) is 3.05. The van der Waals surface area contributed by atoms with Gasteiger partial charge < -0.3 is 14.2 Å². The van der Waals surface area contributed by atoms with Crippen LogP contribution in [0.5, 0.6) is 17.2 Å². The number of anilines is 1. The Labute approximate surface area is 173 Å². The van der Waals surface area contributed by atoms with E-state index in [2.05, 4.69) is 5.32 Å². The van der Waals surface area contributed by atoms with E-state index in [9.17, 15) is 9.59 Å². The Balaban J connectivity index is 2.10. The van der Waals surface area contributed by atoms with Crippen molar-refractivity contribution in [2.75, 3.05) is 26.2 Å². The number of carbonyl (C=O) groups is 2. The minimum atomic E-state index is -0.583. The highest BCUT2D eigenvalue weighted by Crippen LogP contribution is 2.40. The highest BCUT2D eigenvalue weighted by Gasteiger charge is 2.35. The van der Waals surface area contributed by atoms with Crippen molar-refractivity contribution in [3.8, 4) is 17.2 Å². The molecule has 2 amide bonds. The lowest BCUT2D eigenvalue weighted by molar-refractivity contribution is -0.122. The van der Waals surface area contributed by atoms with Crippen LogP contribution >= 0.6 is 12.2 Å². The molecule has 2 aromatic rings. The summed E-state index contributed by atoms with van der Waals surface area (Å²) >= 11 is 5.23. The first-order valence-corrected chi connectivity index (χ1v) is 9.09. The van der Waals surface area contributed by atoms with Gasteiger partial charge in [0.15, 0.2) is 16.6 Å². The highest BCUT2D eigenvalue weighted by atomic mass is 32.1. The first-order chi connectivity index (χ1) is 13.9. The van der Waals surface area contributed by atoms with Gasteiger partial charge in [0.05, 0.1) is 27.0 Å². The lowest BCUT2D eigenvalue weighted by Gasteiger charge is -2.29. The molecule has 0 bridgehead atoms. The van der Waals surface area contributed by atoms with Gasteiger partial charge in [0, 0.05) is 5.56 Å². The molecular formula is C21H20N2O5S. The topological polar surface area (TPSA) is 77.1 Å². The van der Waals surface area contributed by atoms with Crippen LogP contribution in [-0.4, -0.2) is 38.3 Å². The van der Waals surface area contributed by atoms with Crippen LogP contribution in [0, 0.1) is 6.92 Å². The van der Waals surface area contributed by atoms with Crippen molar-refractivity contribution in [2.45, 2.75) is 6.92 Å². The molecule has 1 aliphatic rings. The van der Waals surface area contributed by atoms with Gasteiger partial charge in [-0.25, -0.2) is 0 Å². The Bertz CT molecular complexity index is 1030. The first kappa shape index (κ1) is 20.3. The fraction of sp³-hybridized carbons (Fsp3) is 0.190. The van der Waals surface area contributed by atoms with Crippen molar-refractivity contribution < 1.29 is 23.8 Å². The zero-order valence-corrected chi connectivity index (χ0v) is 17.3. The van der Waals surface area contributed by atoms with Crippen LogP contribution in [0.2, 0.25) is 0 Å². The van der Waals surface area contributed by atoms with Crippen LogP contribution in [-0.2, 0) is 9.59 Å². The van der Waals surface area contributed by atoms with Crippen molar-refractivity contribution in [2.24, 2.45) is 0 Å². The molecule has 1 fully saturated rings. The van der Waals surface area contributed by atoms with E-state index in [4.69, 9.17) is 26.4 Å². The molecule has 2 aromatic carbocycles. The Hall–Kier alpha value is -3.39. The SMILES string of the molecule is COc1ccc(/C=C2/C(=O)NC(=S)N(c3cccc(C)c3)C2=O)c(OC)c1OC. The molecule has 1 saturated heterocycles. The lowest BCUT2D eigenvalue weighted by Crippen LogP contribution is -2.54. The van der Waals surface area contributed by atoms with Gasteiger partial charge >= 0.3 is 0 Å². The number of rotatable bonds is 5. The molecule has 0 aliphatic carbocycles.